The van der Waals surface area contributed by atoms with Crippen molar-refractivity contribution in [2.75, 3.05) is 13.1 Å². The van der Waals surface area contributed by atoms with Crippen LogP contribution in [0.1, 0.15) is 35.9 Å². The van der Waals surface area contributed by atoms with Crippen molar-refractivity contribution in [1.82, 2.24) is 19.7 Å². The summed E-state index contributed by atoms with van der Waals surface area (Å²) in [6.07, 6.45) is 0.676. The number of hydrogen-bond acceptors (Lipinski definition) is 3. The lowest BCUT2D eigenvalue weighted by Gasteiger charge is -2.17. The summed E-state index contributed by atoms with van der Waals surface area (Å²) >= 11 is 0. The zero-order chi connectivity index (χ0) is 14.5. The van der Waals surface area contributed by atoms with E-state index < -0.39 is 0 Å². The molecule has 0 bridgehead atoms. The summed E-state index contributed by atoms with van der Waals surface area (Å²) in [4.78, 5) is 14.0. The second kappa shape index (κ2) is 6.32. The van der Waals surface area contributed by atoms with E-state index in [1.807, 2.05) is 51.2 Å². The second-order valence-corrected chi connectivity index (χ2v) is 4.64. The first-order valence-corrected chi connectivity index (χ1v) is 6.88. The summed E-state index contributed by atoms with van der Waals surface area (Å²) in [5, 5.41) is 8.20. The Morgan fingerprint density at radius 3 is 2.40 bits per heavy atom. The monoisotopic (exact) mass is 272 g/mol. The molecule has 0 aliphatic rings. The van der Waals surface area contributed by atoms with Crippen LogP contribution in [0.5, 0.6) is 0 Å². The third-order valence-electron chi connectivity index (χ3n) is 3.41. The first-order valence-electron chi connectivity index (χ1n) is 6.88. The summed E-state index contributed by atoms with van der Waals surface area (Å²) in [5.74, 6) is 1.13. The smallest absolute Gasteiger partial charge is 0.291 e. The molecule has 5 nitrogen and oxygen atoms in total. The van der Waals surface area contributed by atoms with Crippen LogP contribution in [-0.2, 0) is 13.5 Å². The number of nitrogens with zero attached hydrogens (tertiary/aromatic N) is 4. The highest BCUT2D eigenvalue weighted by Crippen LogP contribution is 2.09. The van der Waals surface area contributed by atoms with Gasteiger partial charge in [0.05, 0.1) is 0 Å². The quantitative estimate of drug-likeness (QED) is 0.835. The highest BCUT2D eigenvalue weighted by Gasteiger charge is 2.20. The first kappa shape index (κ1) is 14.2. The lowest BCUT2D eigenvalue weighted by Crippen LogP contribution is -2.32. The van der Waals surface area contributed by atoms with Crippen LogP contribution < -0.4 is 0 Å². The van der Waals surface area contributed by atoms with E-state index in [9.17, 15) is 4.79 Å². The highest BCUT2D eigenvalue weighted by molar-refractivity contribution is 5.90. The van der Waals surface area contributed by atoms with E-state index in [0.717, 1.165) is 11.4 Å². The van der Waals surface area contributed by atoms with Crippen LogP contribution in [0.2, 0.25) is 0 Å². The van der Waals surface area contributed by atoms with Gasteiger partial charge >= 0.3 is 0 Å². The zero-order valence-corrected chi connectivity index (χ0v) is 12.2. The van der Waals surface area contributed by atoms with Gasteiger partial charge in [0.2, 0.25) is 5.82 Å². The van der Waals surface area contributed by atoms with Gasteiger partial charge in [-0.3, -0.25) is 4.79 Å². The van der Waals surface area contributed by atoms with E-state index in [2.05, 4.69) is 10.2 Å². The SMILES string of the molecule is CCN(CC)C(=O)c1nnc(Cc2ccccc2)n1C. The Bertz CT molecular complexity index is 573. The first-order chi connectivity index (χ1) is 9.67. The molecule has 2 aromatic rings. The molecular formula is C15H20N4O. The van der Waals surface area contributed by atoms with Crippen LogP contribution in [0.4, 0.5) is 0 Å². The number of hydrogen-bond donors (Lipinski definition) is 0. The molecule has 0 atom stereocenters. The zero-order valence-electron chi connectivity index (χ0n) is 12.2. The fourth-order valence-electron chi connectivity index (χ4n) is 2.13. The Kier molecular flexibility index (Phi) is 4.50. The van der Waals surface area contributed by atoms with Gasteiger partial charge in [0, 0.05) is 26.6 Å². The summed E-state index contributed by atoms with van der Waals surface area (Å²) < 4.78 is 1.79. The van der Waals surface area contributed by atoms with Gasteiger partial charge < -0.3 is 9.47 Å². The number of aromatic nitrogens is 3. The summed E-state index contributed by atoms with van der Waals surface area (Å²) in [6, 6.07) is 10.1. The lowest BCUT2D eigenvalue weighted by molar-refractivity contribution is 0.0756. The normalized spacial score (nSPS) is 10.6. The van der Waals surface area contributed by atoms with Crippen LogP contribution in [0, 0.1) is 0 Å². The van der Waals surface area contributed by atoms with Crippen LogP contribution in [-0.4, -0.2) is 38.7 Å². The molecule has 5 heteroatoms. The Labute approximate surface area is 119 Å². The van der Waals surface area contributed by atoms with Gasteiger partial charge in [-0.2, -0.15) is 0 Å². The number of rotatable bonds is 5. The minimum Gasteiger partial charge on any atom is -0.336 e. The minimum atomic E-state index is -0.0655. The third-order valence-corrected chi connectivity index (χ3v) is 3.41. The molecule has 0 radical (unpaired) electrons. The van der Waals surface area contributed by atoms with E-state index >= 15 is 0 Å². The van der Waals surface area contributed by atoms with Gasteiger partial charge in [-0.1, -0.05) is 30.3 Å². The number of benzene rings is 1. The molecule has 1 aromatic heterocycles. The highest BCUT2D eigenvalue weighted by atomic mass is 16.2. The van der Waals surface area contributed by atoms with Crippen molar-refractivity contribution < 1.29 is 4.79 Å². The van der Waals surface area contributed by atoms with E-state index in [1.165, 1.54) is 0 Å². The van der Waals surface area contributed by atoms with Crippen LogP contribution >= 0.6 is 0 Å². The molecule has 0 saturated carbocycles. The fourth-order valence-corrected chi connectivity index (χ4v) is 2.13. The minimum absolute atomic E-state index is 0.0655. The molecule has 0 fully saturated rings. The number of carbonyl (C=O) groups excluding carboxylic acids is 1. The fraction of sp³-hybridized carbons (Fsp3) is 0.400. The van der Waals surface area contributed by atoms with Crippen molar-refractivity contribution in [3.05, 3.63) is 47.5 Å². The predicted molar refractivity (Wildman–Crippen MR) is 77.5 cm³/mol. The molecule has 2 rings (SSSR count). The van der Waals surface area contributed by atoms with Crippen LogP contribution in [0.15, 0.2) is 30.3 Å². The number of carbonyl (C=O) groups is 1. The predicted octanol–water partition coefficient (Wildman–Crippen LogP) is 1.89. The molecule has 1 heterocycles. The van der Waals surface area contributed by atoms with Crippen LogP contribution in [0.3, 0.4) is 0 Å². The van der Waals surface area contributed by atoms with Crippen molar-refractivity contribution >= 4 is 5.91 Å². The largest absolute Gasteiger partial charge is 0.336 e. The van der Waals surface area contributed by atoms with E-state index in [-0.39, 0.29) is 5.91 Å². The van der Waals surface area contributed by atoms with Crippen molar-refractivity contribution in [3.63, 3.8) is 0 Å². The molecule has 0 aliphatic carbocycles. The molecule has 0 N–H and O–H groups in total. The van der Waals surface area contributed by atoms with Gasteiger partial charge in [-0.05, 0) is 19.4 Å². The Balaban J connectivity index is 2.21. The van der Waals surface area contributed by atoms with Gasteiger partial charge in [-0.15, -0.1) is 10.2 Å². The maximum atomic E-state index is 12.3. The number of amides is 1. The molecule has 0 aliphatic heterocycles. The molecule has 0 unspecified atom stereocenters. The molecule has 1 aromatic carbocycles. The molecule has 0 spiro atoms. The second-order valence-electron chi connectivity index (χ2n) is 4.64. The van der Waals surface area contributed by atoms with E-state index in [0.29, 0.717) is 25.3 Å². The van der Waals surface area contributed by atoms with E-state index in [4.69, 9.17) is 0 Å². The Hall–Kier alpha value is -2.17. The standard InChI is InChI=1S/C15H20N4O/c1-4-19(5-2)15(20)14-17-16-13(18(14)3)11-12-9-7-6-8-10-12/h6-10H,4-5,11H2,1-3H3. The average molecular weight is 272 g/mol. The summed E-state index contributed by atoms with van der Waals surface area (Å²) in [6.45, 7) is 5.28. The third kappa shape index (κ3) is 2.87. The van der Waals surface area contributed by atoms with Crippen molar-refractivity contribution in [3.8, 4) is 0 Å². The van der Waals surface area contributed by atoms with Crippen LogP contribution in [0.25, 0.3) is 0 Å². The topological polar surface area (TPSA) is 51.0 Å². The molecule has 1 amide bonds. The van der Waals surface area contributed by atoms with Gasteiger partial charge in [0.1, 0.15) is 5.82 Å². The molecule has 0 saturated heterocycles. The average Bonchev–Trinajstić information content (AvgIpc) is 2.82. The van der Waals surface area contributed by atoms with Gasteiger partial charge in [0.15, 0.2) is 0 Å². The van der Waals surface area contributed by atoms with Gasteiger partial charge in [0.25, 0.3) is 5.91 Å². The summed E-state index contributed by atoms with van der Waals surface area (Å²) in [7, 11) is 1.84. The Morgan fingerprint density at radius 2 is 1.80 bits per heavy atom. The van der Waals surface area contributed by atoms with Gasteiger partial charge in [-0.25, -0.2) is 0 Å². The maximum Gasteiger partial charge on any atom is 0.291 e. The molecule has 20 heavy (non-hydrogen) atoms. The molecular weight excluding hydrogens is 252 g/mol. The lowest BCUT2D eigenvalue weighted by atomic mass is 10.1. The van der Waals surface area contributed by atoms with Crippen molar-refractivity contribution in [2.45, 2.75) is 20.3 Å². The van der Waals surface area contributed by atoms with E-state index in [1.54, 1.807) is 9.47 Å². The maximum absolute atomic E-state index is 12.3. The molecule has 106 valence electrons. The van der Waals surface area contributed by atoms with Crippen molar-refractivity contribution in [2.24, 2.45) is 7.05 Å². The van der Waals surface area contributed by atoms with Crippen molar-refractivity contribution in [1.29, 1.82) is 0 Å². The summed E-state index contributed by atoms with van der Waals surface area (Å²) in [5.41, 5.74) is 1.16. The Morgan fingerprint density at radius 1 is 1.15 bits per heavy atom.